The highest BCUT2D eigenvalue weighted by Crippen LogP contribution is 2.27. The molecule has 2 N–H and O–H groups in total. The summed E-state index contributed by atoms with van der Waals surface area (Å²) in [5.41, 5.74) is 0.340. The van der Waals surface area contributed by atoms with Gasteiger partial charge in [-0.1, -0.05) is 29.8 Å². The lowest BCUT2D eigenvalue weighted by Gasteiger charge is -2.15. The van der Waals surface area contributed by atoms with Gasteiger partial charge < -0.3 is 15.2 Å². The maximum absolute atomic E-state index is 12.2. The fourth-order valence-electron chi connectivity index (χ4n) is 2.15. The summed E-state index contributed by atoms with van der Waals surface area (Å²) in [6, 6.07) is 5.00. The van der Waals surface area contributed by atoms with Crippen LogP contribution in [0.3, 0.4) is 0 Å². The van der Waals surface area contributed by atoms with Crippen LogP contribution in [0.1, 0.15) is 16.8 Å². The minimum Gasteiger partial charge on any atom is -0.496 e. The lowest BCUT2D eigenvalue weighted by atomic mass is 10.1. The van der Waals surface area contributed by atoms with Crippen molar-refractivity contribution in [3.05, 3.63) is 40.9 Å². The van der Waals surface area contributed by atoms with E-state index in [0.717, 1.165) is 0 Å². The fraction of sp³-hybridized carbons (Fsp3) is 0.357. The molecule has 1 aliphatic rings. The number of carbonyl (C=O) groups excluding carboxylic acids is 1. The van der Waals surface area contributed by atoms with Crippen LogP contribution in [0, 0.1) is 5.92 Å². The molecule has 0 unspecified atom stereocenters. The van der Waals surface area contributed by atoms with Crippen LogP contribution in [0.2, 0.25) is 5.02 Å². The van der Waals surface area contributed by atoms with E-state index >= 15 is 0 Å². The molecule has 5 heteroatoms. The lowest BCUT2D eigenvalue weighted by Crippen LogP contribution is -2.33. The topological polar surface area (TPSA) is 58.6 Å². The Morgan fingerprint density at radius 2 is 2.32 bits per heavy atom. The minimum atomic E-state index is -0.268. The second-order valence-corrected chi connectivity index (χ2v) is 4.87. The summed E-state index contributed by atoms with van der Waals surface area (Å²) in [6.45, 7) is 0.0955. The highest BCUT2D eigenvalue weighted by Gasteiger charge is 2.23. The molecule has 0 spiro atoms. The Morgan fingerprint density at radius 1 is 1.53 bits per heavy atom. The van der Waals surface area contributed by atoms with Crippen LogP contribution in [-0.4, -0.2) is 30.8 Å². The Bertz CT molecular complexity index is 501. The number of ether oxygens (including phenoxy) is 1. The van der Waals surface area contributed by atoms with Crippen molar-refractivity contribution in [3.8, 4) is 5.75 Å². The van der Waals surface area contributed by atoms with Crippen molar-refractivity contribution in [2.75, 3.05) is 13.7 Å². The van der Waals surface area contributed by atoms with E-state index < -0.39 is 0 Å². The molecule has 0 radical (unpaired) electrons. The molecule has 1 amide bonds. The molecule has 2 atom stereocenters. The molecule has 0 aliphatic heterocycles. The van der Waals surface area contributed by atoms with Gasteiger partial charge in [0, 0.05) is 18.6 Å². The summed E-state index contributed by atoms with van der Waals surface area (Å²) in [5, 5.41) is 12.3. The van der Waals surface area contributed by atoms with Crippen molar-refractivity contribution in [3.63, 3.8) is 0 Å². The van der Waals surface area contributed by atoms with E-state index in [-0.39, 0.29) is 24.5 Å². The third-order valence-electron chi connectivity index (χ3n) is 3.15. The zero-order valence-electron chi connectivity index (χ0n) is 10.6. The number of halogens is 1. The van der Waals surface area contributed by atoms with E-state index in [0.29, 0.717) is 22.8 Å². The number of benzene rings is 1. The van der Waals surface area contributed by atoms with E-state index in [1.54, 1.807) is 18.2 Å². The molecule has 102 valence electrons. The van der Waals surface area contributed by atoms with Crippen LogP contribution in [0.25, 0.3) is 0 Å². The first-order valence-electron chi connectivity index (χ1n) is 6.08. The average molecular weight is 282 g/mol. The van der Waals surface area contributed by atoms with E-state index in [2.05, 4.69) is 5.32 Å². The molecular weight excluding hydrogens is 266 g/mol. The van der Waals surface area contributed by atoms with Gasteiger partial charge in [-0.2, -0.15) is 0 Å². The van der Waals surface area contributed by atoms with Crippen LogP contribution in [0.5, 0.6) is 5.75 Å². The van der Waals surface area contributed by atoms with Crippen LogP contribution >= 0.6 is 11.6 Å². The summed E-state index contributed by atoms with van der Waals surface area (Å²) >= 11 is 6.05. The van der Waals surface area contributed by atoms with E-state index in [9.17, 15) is 4.79 Å². The van der Waals surface area contributed by atoms with Crippen LogP contribution in [0.15, 0.2) is 30.4 Å². The predicted molar refractivity (Wildman–Crippen MR) is 73.6 cm³/mol. The number of aliphatic hydroxyl groups is 1. The second kappa shape index (κ2) is 6.08. The standard InChI is InChI=1S/C14H16ClNO3/c1-19-12-4-2-3-11(15)13(12)14(18)16-10-6-5-9(7-10)8-17/h2-6,9-10,17H,7-8H2,1H3,(H,16,18)/t9-,10+/m0/s1. The molecular formula is C14H16ClNO3. The Labute approximate surface area is 117 Å². The predicted octanol–water partition coefficient (Wildman–Crippen LogP) is 2.02. The normalized spacial score (nSPS) is 21.4. The Kier molecular flexibility index (Phi) is 4.45. The van der Waals surface area contributed by atoms with Gasteiger partial charge in [-0.3, -0.25) is 4.79 Å². The fourth-order valence-corrected chi connectivity index (χ4v) is 2.40. The number of amides is 1. The second-order valence-electron chi connectivity index (χ2n) is 4.46. The zero-order chi connectivity index (χ0) is 13.8. The number of methoxy groups -OCH3 is 1. The summed E-state index contributed by atoms with van der Waals surface area (Å²) in [7, 11) is 1.50. The molecule has 1 aromatic carbocycles. The van der Waals surface area contributed by atoms with Crippen molar-refractivity contribution in [1.82, 2.24) is 5.32 Å². The zero-order valence-corrected chi connectivity index (χ0v) is 11.4. The van der Waals surface area contributed by atoms with Crippen molar-refractivity contribution < 1.29 is 14.6 Å². The summed E-state index contributed by atoms with van der Waals surface area (Å²) < 4.78 is 5.15. The third-order valence-corrected chi connectivity index (χ3v) is 3.46. The van der Waals surface area contributed by atoms with Gasteiger partial charge >= 0.3 is 0 Å². The van der Waals surface area contributed by atoms with Gasteiger partial charge in [0.25, 0.3) is 5.91 Å². The molecule has 0 heterocycles. The van der Waals surface area contributed by atoms with Gasteiger partial charge in [0.15, 0.2) is 0 Å². The highest BCUT2D eigenvalue weighted by atomic mass is 35.5. The quantitative estimate of drug-likeness (QED) is 0.830. The van der Waals surface area contributed by atoms with Gasteiger partial charge in [0.1, 0.15) is 5.75 Å². The molecule has 0 aromatic heterocycles. The van der Waals surface area contributed by atoms with Gasteiger partial charge in [0.2, 0.25) is 0 Å². The van der Waals surface area contributed by atoms with Crippen molar-refractivity contribution in [1.29, 1.82) is 0 Å². The number of carbonyl (C=O) groups is 1. The largest absolute Gasteiger partial charge is 0.496 e. The number of nitrogens with one attached hydrogen (secondary N) is 1. The number of hydrogen-bond acceptors (Lipinski definition) is 3. The molecule has 0 saturated heterocycles. The Balaban J connectivity index is 2.11. The van der Waals surface area contributed by atoms with Gasteiger partial charge in [-0.15, -0.1) is 0 Å². The van der Waals surface area contributed by atoms with Crippen molar-refractivity contribution in [2.24, 2.45) is 5.92 Å². The van der Waals surface area contributed by atoms with Gasteiger partial charge in [-0.25, -0.2) is 0 Å². The first-order valence-corrected chi connectivity index (χ1v) is 6.46. The monoisotopic (exact) mass is 281 g/mol. The van der Waals surface area contributed by atoms with E-state index in [4.69, 9.17) is 21.4 Å². The summed E-state index contributed by atoms with van der Waals surface area (Å²) in [5.74, 6) is 0.291. The summed E-state index contributed by atoms with van der Waals surface area (Å²) in [6.07, 6.45) is 4.51. The first-order chi connectivity index (χ1) is 9.15. The van der Waals surface area contributed by atoms with Gasteiger partial charge in [0.05, 0.1) is 17.7 Å². The molecule has 2 rings (SSSR count). The molecule has 0 bridgehead atoms. The number of hydrogen-bond donors (Lipinski definition) is 2. The SMILES string of the molecule is COc1cccc(Cl)c1C(=O)N[C@@H]1C=C[C@H](CO)C1. The van der Waals surface area contributed by atoms with Crippen LogP contribution in [-0.2, 0) is 0 Å². The lowest BCUT2D eigenvalue weighted by molar-refractivity contribution is 0.0938. The Hall–Kier alpha value is -1.52. The average Bonchev–Trinajstić information content (AvgIpc) is 2.85. The van der Waals surface area contributed by atoms with Crippen LogP contribution in [0.4, 0.5) is 0 Å². The van der Waals surface area contributed by atoms with Crippen LogP contribution < -0.4 is 10.1 Å². The highest BCUT2D eigenvalue weighted by molar-refractivity contribution is 6.34. The van der Waals surface area contributed by atoms with E-state index in [1.807, 2.05) is 12.2 Å². The molecule has 4 nitrogen and oxygen atoms in total. The minimum absolute atomic E-state index is 0.0781. The van der Waals surface area contributed by atoms with Crippen molar-refractivity contribution in [2.45, 2.75) is 12.5 Å². The number of aliphatic hydroxyl groups excluding tert-OH is 1. The molecule has 1 aromatic rings. The summed E-state index contributed by atoms with van der Waals surface area (Å²) in [4.78, 5) is 12.2. The Morgan fingerprint density at radius 3 is 2.95 bits per heavy atom. The van der Waals surface area contributed by atoms with E-state index in [1.165, 1.54) is 7.11 Å². The number of rotatable bonds is 4. The molecule has 0 fully saturated rings. The van der Waals surface area contributed by atoms with Gasteiger partial charge in [-0.05, 0) is 18.6 Å². The smallest absolute Gasteiger partial charge is 0.257 e. The maximum atomic E-state index is 12.2. The maximum Gasteiger partial charge on any atom is 0.257 e. The molecule has 1 aliphatic carbocycles. The molecule has 0 saturated carbocycles. The third kappa shape index (κ3) is 3.08. The molecule has 19 heavy (non-hydrogen) atoms. The van der Waals surface area contributed by atoms with Crippen molar-refractivity contribution >= 4 is 17.5 Å². The first kappa shape index (κ1) is 13.9.